The summed E-state index contributed by atoms with van der Waals surface area (Å²) in [6.07, 6.45) is 2.10. The van der Waals surface area contributed by atoms with E-state index in [1.165, 1.54) is 6.07 Å². The summed E-state index contributed by atoms with van der Waals surface area (Å²) in [5, 5.41) is 13.7. The molecule has 0 spiro atoms. The number of anilines is 1. The first-order valence-corrected chi connectivity index (χ1v) is 6.47. The van der Waals surface area contributed by atoms with Crippen molar-refractivity contribution in [3.05, 3.63) is 33.9 Å². The van der Waals surface area contributed by atoms with Crippen molar-refractivity contribution in [1.29, 1.82) is 0 Å². The van der Waals surface area contributed by atoms with Crippen molar-refractivity contribution in [3.8, 4) is 0 Å². The number of para-hydroxylation sites is 1. The third-order valence-corrected chi connectivity index (χ3v) is 3.17. The molecular formula is C13H18N4O3. The summed E-state index contributed by atoms with van der Waals surface area (Å²) in [6, 6.07) is 5.04. The second-order valence-corrected chi connectivity index (χ2v) is 5.12. The van der Waals surface area contributed by atoms with E-state index < -0.39 is 4.92 Å². The number of amides is 1. The van der Waals surface area contributed by atoms with Crippen LogP contribution in [0.2, 0.25) is 0 Å². The van der Waals surface area contributed by atoms with Gasteiger partial charge in [0.25, 0.3) is 5.69 Å². The number of nitrogens with one attached hydrogen (secondary N) is 1. The predicted molar refractivity (Wildman–Crippen MR) is 75.0 cm³/mol. The largest absolute Gasteiger partial charge is 0.393 e. The van der Waals surface area contributed by atoms with Gasteiger partial charge in [0.1, 0.15) is 5.69 Å². The van der Waals surface area contributed by atoms with E-state index in [-0.39, 0.29) is 23.8 Å². The number of carbonyl (C=O) groups excluding carboxylic acids is 1. The van der Waals surface area contributed by atoms with Crippen molar-refractivity contribution in [3.63, 3.8) is 0 Å². The van der Waals surface area contributed by atoms with Crippen molar-refractivity contribution in [2.75, 3.05) is 19.3 Å². The van der Waals surface area contributed by atoms with Gasteiger partial charge in [-0.1, -0.05) is 12.1 Å². The molecule has 0 aliphatic heterocycles. The molecular weight excluding hydrogens is 260 g/mol. The summed E-state index contributed by atoms with van der Waals surface area (Å²) in [4.78, 5) is 23.8. The third kappa shape index (κ3) is 3.67. The highest BCUT2D eigenvalue weighted by Gasteiger charge is 2.23. The van der Waals surface area contributed by atoms with Gasteiger partial charge in [0.05, 0.1) is 11.5 Å². The van der Waals surface area contributed by atoms with Gasteiger partial charge >= 0.3 is 0 Å². The Labute approximate surface area is 116 Å². The number of nitro benzene ring substituents is 1. The van der Waals surface area contributed by atoms with E-state index >= 15 is 0 Å². The van der Waals surface area contributed by atoms with Crippen molar-refractivity contribution >= 4 is 17.3 Å². The Morgan fingerprint density at radius 3 is 2.85 bits per heavy atom. The summed E-state index contributed by atoms with van der Waals surface area (Å²) in [6.45, 7) is 0.643. The van der Waals surface area contributed by atoms with Crippen molar-refractivity contribution in [2.45, 2.75) is 25.4 Å². The smallest absolute Gasteiger partial charge is 0.292 e. The first-order valence-electron chi connectivity index (χ1n) is 6.47. The zero-order valence-corrected chi connectivity index (χ0v) is 11.3. The predicted octanol–water partition coefficient (Wildman–Crippen LogP) is 0.887. The normalized spacial score (nSPS) is 14.3. The minimum Gasteiger partial charge on any atom is -0.393 e. The summed E-state index contributed by atoms with van der Waals surface area (Å²) >= 11 is 0. The molecule has 1 aromatic rings. The maximum Gasteiger partial charge on any atom is 0.292 e. The molecule has 0 atom stereocenters. The fourth-order valence-corrected chi connectivity index (χ4v) is 1.99. The Morgan fingerprint density at radius 1 is 1.55 bits per heavy atom. The molecule has 0 unspecified atom stereocenters. The lowest BCUT2D eigenvalue weighted by Gasteiger charge is -2.17. The Morgan fingerprint density at radius 2 is 2.25 bits per heavy atom. The second-order valence-electron chi connectivity index (χ2n) is 5.12. The summed E-state index contributed by atoms with van der Waals surface area (Å²) < 4.78 is 0. The summed E-state index contributed by atoms with van der Waals surface area (Å²) in [5.41, 5.74) is 6.50. The van der Waals surface area contributed by atoms with Gasteiger partial charge in [0, 0.05) is 18.7 Å². The Hall–Kier alpha value is -2.15. The van der Waals surface area contributed by atoms with Gasteiger partial charge in [0.2, 0.25) is 5.91 Å². The minimum absolute atomic E-state index is 0.0287. The average molecular weight is 278 g/mol. The van der Waals surface area contributed by atoms with Crippen LogP contribution < -0.4 is 11.1 Å². The maximum absolute atomic E-state index is 11.7. The molecule has 1 fully saturated rings. The zero-order chi connectivity index (χ0) is 14.7. The highest BCUT2D eigenvalue weighted by molar-refractivity contribution is 5.78. The highest BCUT2D eigenvalue weighted by Crippen LogP contribution is 2.25. The van der Waals surface area contributed by atoms with Gasteiger partial charge in [-0.05, 0) is 25.5 Å². The third-order valence-electron chi connectivity index (χ3n) is 3.17. The minimum atomic E-state index is -0.501. The van der Waals surface area contributed by atoms with Crippen LogP contribution in [0.15, 0.2) is 18.2 Å². The molecule has 1 aliphatic carbocycles. The van der Waals surface area contributed by atoms with Crippen LogP contribution in [0, 0.1) is 10.1 Å². The van der Waals surface area contributed by atoms with E-state index in [9.17, 15) is 14.9 Å². The zero-order valence-electron chi connectivity index (χ0n) is 11.3. The number of nitro groups is 1. The Kier molecular flexibility index (Phi) is 4.19. The molecule has 3 N–H and O–H groups in total. The number of nitrogens with zero attached hydrogens (tertiary/aromatic N) is 2. The van der Waals surface area contributed by atoms with Gasteiger partial charge in [0.15, 0.2) is 0 Å². The first-order chi connectivity index (χ1) is 9.47. The van der Waals surface area contributed by atoms with Crippen molar-refractivity contribution in [1.82, 2.24) is 10.2 Å². The number of nitrogens with two attached hydrogens (primary N) is 1. The fourth-order valence-electron chi connectivity index (χ4n) is 1.99. The number of rotatable bonds is 6. The van der Waals surface area contributed by atoms with Crippen LogP contribution in [0.25, 0.3) is 0 Å². The lowest BCUT2D eigenvalue weighted by Crippen LogP contribution is -2.36. The van der Waals surface area contributed by atoms with E-state index in [0.717, 1.165) is 12.8 Å². The monoisotopic (exact) mass is 278 g/mol. The van der Waals surface area contributed by atoms with Gasteiger partial charge in [-0.15, -0.1) is 0 Å². The van der Waals surface area contributed by atoms with Crippen LogP contribution in [0.1, 0.15) is 18.4 Å². The summed E-state index contributed by atoms with van der Waals surface area (Å²) in [7, 11) is 1.78. The van der Waals surface area contributed by atoms with Gasteiger partial charge in [-0.3, -0.25) is 19.8 Å². The topological polar surface area (TPSA) is 102 Å². The van der Waals surface area contributed by atoms with Crippen LogP contribution in [0.5, 0.6) is 0 Å². The molecule has 1 aliphatic rings. The average Bonchev–Trinajstić information content (AvgIpc) is 3.14. The number of carbonyl (C=O) groups is 1. The van der Waals surface area contributed by atoms with Crippen LogP contribution in [0.4, 0.5) is 11.4 Å². The molecule has 7 heteroatoms. The van der Waals surface area contributed by atoms with Crippen LogP contribution in [-0.4, -0.2) is 35.4 Å². The summed E-state index contributed by atoms with van der Waals surface area (Å²) in [5.74, 6) is -0.0287. The lowest BCUT2D eigenvalue weighted by molar-refractivity contribution is -0.384. The number of hydrogen-bond acceptors (Lipinski definition) is 5. The van der Waals surface area contributed by atoms with Gasteiger partial charge in [-0.25, -0.2) is 0 Å². The number of likely N-dealkylation sites (N-methyl/N-ethyl adjacent to an activating group) is 1. The number of nitrogen functional groups attached to an aromatic ring is 1. The van der Waals surface area contributed by atoms with Crippen LogP contribution >= 0.6 is 0 Å². The molecule has 108 valence electrons. The molecule has 0 heterocycles. The number of benzene rings is 1. The van der Waals surface area contributed by atoms with Crippen molar-refractivity contribution in [2.24, 2.45) is 0 Å². The quantitative estimate of drug-likeness (QED) is 0.457. The molecule has 0 bridgehead atoms. The number of hydrogen-bond donors (Lipinski definition) is 2. The van der Waals surface area contributed by atoms with Crippen LogP contribution in [-0.2, 0) is 11.3 Å². The van der Waals surface area contributed by atoms with Crippen molar-refractivity contribution < 1.29 is 9.72 Å². The van der Waals surface area contributed by atoms with Gasteiger partial charge in [-0.2, -0.15) is 0 Å². The second kappa shape index (κ2) is 5.87. The van der Waals surface area contributed by atoms with E-state index in [1.807, 2.05) is 0 Å². The molecule has 20 heavy (non-hydrogen) atoms. The van der Waals surface area contributed by atoms with E-state index in [1.54, 1.807) is 24.1 Å². The maximum atomic E-state index is 11.7. The molecule has 2 rings (SSSR count). The van der Waals surface area contributed by atoms with Gasteiger partial charge < -0.3 is 11.1 Å². The molecule has 0 aromatic heterocycles. The van der Waals surface area contributed by atoms with E-state index in [4.69, 9.17) is 5.73 Å². The highest BCUT2D eigenvalue weighted by atomic mass is 16.6. The molecule has 1 aromatic carbocycles. The molecule has 1 saturated carbocycles. The SMILES string of the molecule is CN(CC(=O)NC1CC1)Cc1cccc([N+](=O)[O-])c1N. The Balaban J connectivity index is 1.96. The van der Waals surface area contributed by atoms with E-state index in [2.05, 4.69) is 5.32 Å². The molecule has 0 saturated heterocycles. The molecule has 1 amide bonds. The van der Waals surface area contributed by atoms with Crippen LogP contribution in [0.3, 0.4) is 0 Å². The molecule has 0 radical (unpaired) electrons. The fraction of sp³-hybridized carbons (Fsp3) is 0.462. The standard InChI is InChI=1S/C13H18N4O3/c1-16(8-12(18)15-10-5-6-10)7-9-3-2-4-11(13(9)14)17(19)20/h2-4,10H,5-8,14H2,1H3,(H,15,18). The first kappa shape index (κ1) is 14.3. The Bertz CT molecular complexity index is 528. The molecule has 7 nitrogen and oxygen atoms in total. The lowest BCUT2D eigenvalue weighted by atomic mass is 10.1. The van der Waals surface area contributed by atoms with E-state index in [0.29, 0.717) is 18.2 Å².